The number of aliphatic hydroxyl groups is 1. The molecule has 0 saturated heterocycles. The summed E-state index contributed by atoms with van der Waals surface area (Å²) in [6.07, 6.45) is 4.94. The number of rotatable bonds is 6. The number of allylic oxidation sites excluding steroid dienone is 2. The smallest absolute Gasteiger partial charge is 0.306 e. The molecule has 1 aliphatic rings. The van der Waals surface area contributed by atoms with Crippen LogP contribution in [0.25, 0.3) is 0 Å². The van der Waals surface area contributed by atoms with Crippen LogP contribution in [-0.2, 0) is 25.7 Å². The van der Waals surface area contributed by atoms with Crippen LogP contribution in [0.2, 0.25) is 0 Å². The van der Waals surface area contributed by atoms with Gasteiger partial charge in [0.25, 0.3) is 0 Å². The van der Waals surface area contributed by atoms with E-state index in [1.807, 2.05) is 42.5 Å². The largest absolute Gasteiger partial charge is 0.463 e. The molecule has 0 bridgehead atoms. The molecule has 1 heterocycles. The van der Waals surface area contributed by atoms with Gasteiger partial charge in [0.15, 0.2) is 0 Å². The lowest BCUT2D eigenvalue weighted by atomic mass is 9.96. The molecule has 1 aromatic rings. The molecule has 164 valence electrons. The number of hydrogen-bond acceptors (Lipinski definition) is 5. The minimum Gasteiger partial charge on any atom is -0.463 e. The molecule has 7 heteroatoms. The van der Waals surface area contributed by atoms with Gasteiger partial charge in [-0.1, -0.05) is 42.5 Å². The first-order valence-electron chi connectivity index (χ1n) is 10.4. The van der Waals surface area contributed by atoms with Crippen molar-refractivity contribution >= 4 is 17.8 Å². The first-order chi connectivity index (χ1) is 14.3. The topological polar surface area (TPSA) is 95.9 Å². The Kier molecular flexibility index (Phi) is 9.05. The molecule has 2 amide bonds. The predicted octanol–water partition coefficient (Wildman–Crippen LogP) is 2.19. The van der Waals surface area contributed by atoms with Crippen molar-refractivity contribution in [2.45, 2.75) is 51.6 Å². The minimum atomic E-state index is -0.730. The molecule has 0 aliphatic carbocycles. The van der Waals surface area contributed by atoms with Gasteiger partial charge in [-0.05, 0) is 32.3 Å². The van der Waals surface area contributed by atoms with Crippen molar-refractivity contribution in [2.24, 2.45) is 5.92 Å². The van der Waals surface area contributed by atoms with Gasteiger partial charge in [0.05, 0.1) is 18.1 Å². The van der Waals surface area contributed by atoms with Crippen LogP contribution < -0.4 is 5.32 Å². The second-order valence-electron chi connectivity index (χ2n) is 8.21. The van der Waals surface area contributed by atoms with Crippen molar-refractivity contribution in [1.29, 1.82) is 0 Å². The zero-order valence-corrected chi connectivity index (χ0v) is 17.8. The van der Waals surface area contributed by atoms with Gasteiger partial charge in [-0.25, -0.2) is 0 Å². The van der Waals surface area contributed by atoms with Crippen LogP contribution >= 0.6 is 0 Å². The SMILES string of the molecule is CC1(C)COC(=O)CCC=CCC(CC(=O)N(CCO)Cc2ccccc2)C(=O)N1. The summed E-state index contributed by atoms with van der Waals surface area (Å²) in [4.78, 5) is 39.2. The second kappa shape index (κ2) is 11.5. The fourth-order valence-corrected chi connectivity index (χ4v) is 3.22. The summed E-state index contributed by atoms with van der Waals surface area (Å²) in [7, 11) is 0. The van der Waals surface area contributed by atoms with Gasteiger partial charge in [-0.3, -0.25) is 14.4 Å². The Hall–Kier alpha value is -2.67. The van der Waals surface area contributed by atoms with Crippen LogP contribution in [0.3, 0.4) is 0 Å². The van der Waals surface area contributed by atoms with E-state index in [4.69, 9.17) is 4.74 Å². The Bertz CT molecular complexity index is 745. The fraction of sp³-hybridized carbons (Fsp3) is 0.522. The molecule has 0 saturated carbocycles. The summed E-state index contributed by atoms with van der Waals surface area (Å²) in [5.74, 6) is -1.27. The monoisotopic (exact) mass is 416 g/mol. The highest BCUT2D eigenvalue weighted by Crippen LogP contribution is 2.17. The van der Waals surface area contributed by atoms with Crippen LogP contribution in [-0.4, -0.2) is 53.1 Å². The van der Waals surface area contributed by atoms with Gasteiger partial charge in [0.1, 0.15) is 6.61 Å². The molecule has 1 atom stereocenters. The molecule has 2 rings (SSSR count). The third-order valence-corrected chi connectivity index (χ3v) is 4.89. The van der Waals surface area contributed by atoms with Crippen molar-refractivity contribution in [1.82, 2.24) is 10.2 Å². The standard InChI is InChI=1S/C23H32N2O5/c1-23(2)17-30-21(28)12-8-4-7-11-19(22(29)24-23)15-20(27)25(13-14-26)16-18-9-5-3-6-10-18/h3-7,9-10,19,26H,8,11-17H2,1-2H3,(H,24,29). The molecule has 0 spiro atoms. The summed E-state index contributed by atoms with van der Waals surface area (Å²) in [6, 6.07) is 9.55. The molecular weight excluding hydrogens is 384 g/mol. The lowest BCUT2D eigenvalue weighted by Gasteiger charge is -2.29. The number of hydrogen-bond donors (Lipinski definition) is 2. The summed E-state index contributed by atoms with van der Waals surface area (Å²) < 4.78 is 5.24. The molecule has 0 radical (unpaired) electrons. The van der Waals surface area contributed by atoms with E-state index in [0.717, 1.165) is 5.56 Å². The molecule has 0 fully saturated rings. The van der Waals surface area contributed by atoms with E-state index in [2.05, 4.69) is 5.32 Å². The van der Waals surface area contributed by atoms with Crippen molar-refractivity contribution in [3.63, 3.8) is 0 Å². The van der Waals surface area contributed by atoms with E-state index in [1.54, 1.807) is 18.7 Å². The molecule has 7 nitrogen and oxygen atoms in total. The predicted molar refractivity (Wildman–Crippen MR) is 113 cm³/mol. The zero-order chi connectivity index (χ0) is 22.0. The van der Waals surface area contributed by atoms with Gasteiger partial charge in [-0.2, -0.15) is 0 Å². The Morgan fingerprint density at radius 3 is 2.67 bits per heavy atom. The summed E-state index contributed by atoms with van der Waals surface area (Å²) >= 11 is 0. The van der Waals surface area contributed by atoms with Crippen LogP contribution in [0.4, 0.5) is 0 Å². The maximum atomic E-state index is 13.0. The van der Waals surface area contributed by atoms with Crippen molar-refractivity contribution in [3.8, 4) is 0 Å². The Balaban J connectivity index is 2.11. The van der Waals surface area contributed by atoms with Gasteiger partial charge in [0.2, 0.25) is 11.8 Å². The zero-order valence-electron chi connectivity index (χ0n) is 17.8. The number of carbonyl (C=O) groups excluding carboxylic acids is 3. The normalized spacial score (nSPS) is 19.8. The van der Waals surface area contributed by atoms with E-state index in [9.17, 15) is 19.5 Å². The minimum absolute atomic E-state index is 0.0406. The average Bonchev–Trinajstić information content (AvgIpc) is 2.70. The lowest BCUT2D eigenvalue weighted by Crippen LogP contribution is -2.50. The molecule has 1 unspecified atom stereocenters. The number of benzene rings is 1. The first kappa shape index (κ1) is 23.6. The quantitative estimate of drug-likeness (QED) is 0.547. The fourth-order valence-electron chi connectivity index (χ4n) is 3.22. The number of nitrogens with zero attached hydrogens (tertiary/aromatic N) is 1. The van der Waals surface area contributed by atoms with E-state index in [0.29, 0.717) is 19.4 Å². The maximum absolute atomic E-state index is 13.0. The van der Waals surface area contributed by atoms with Crippen molar-refractivity contribution < 1.29 is 24.2 Å². The summed E-state index contributed by atoms with van der Waals surface area (Å²) in [6.45, 7) is 4.09. The van der Waals surface area contributed by atoms with E-state index < -0.39 is 11.5 Å². The highest BCUT2D eigenvalue weighted by molar-refractivity contribution is 5.86. The molecule has 2 N–H and O–H groups in total. The number of aliphatic hydroxyl groups excluding tert-OH is 1. The van der Waals surface area contributed by atoms with E-state index in [1.165, 1.54) is 0 Å². The van der Waals surface area contributed by atoms with E-state index in [-0.39, 0.29) is 50.4 Å². The van der Waals surface area contributed by atoms with Gasteiger partial charge in [0, 0.05) is 25.9 Å². The van der Waals surface area contributed by atoms with Crippen molar-refractivity contribution in [3.05, 3.63) is 48.0 Å². The number of nitrogens with one attached hydrogen (secondary N) is 1. The molecule has 1 aliphatic heterocycles. The number of cyclic esters (lactones) is 1. The Labute approximate surface area is 178 Å². The lowest BCUT2D eigenvalue weighted by molar-refractivity contribution is -0.146. The highest BCUT2D eigenvalue weighted by atomic mass is 16.5. The Morgan fingerprint density at radius 1 is 1.23 bits per heavy atom. The number of amides is 2. The highest BCUT2D eigenvalue weighted by Gasteiger charge is 2.29. The van der Waals surface area contributed by atoms with Gasteiger partial charge < -0.3 is 20.1 Å². The van der Waals surface area contributed by atoms with Gasteiger partial charge in [-0.15, -0.1) is 0 Å². The maximum Gasteiger partial charge on any atom is 0.306 e. The number of ether oxygens (including phenoxy) is 1. The Morgan fingerprint density at radius 2 is 1.97 bits per heavy atom. The van der Waals surface area contributed by atoms with Crippen LogP contribution in [0.1, 0.15) is 45.1 Å². The van der Waals surface area contributed by atoms with Crippen LogP contribution in [0, 0.1) is 5.92 Å². The third kappa shape index (κ3) is 7.99. The number of carbonyl (C=O) groups is 3. The second-order valence-corrected chi connectivity index (χ2v) is 8.21. The van der Waals surface area contributed by atoms with Gasteiger partial charge >= 0.3 is 5.97 Å². The first-order valence-corrected chi connectivity index (χ1v) is 10.4. The van der Waals surface area contributed by atoms with E-state index >= 15 is 0 Å². The van der Waals surface area contributed by atoms with Crippen LogP contribution in [0.5, 0.6) is 0 Å². The molecule has 30 heavy (non-hydrogen) atoms. The number of esters is 1. The molecular formula is C23H32N2O5. The van der Waals surface area contributed by atoms with Crippen LogP contribution in [0.15, 0.2) is 42.5 Å². The van der Waals surface area contributed by atoms with Crippen molar-refractivity contribution in [2.75, 3.05) is 19.8 Å². The third-order valence-electron chi connectivity index (χ3n) is 4.89. The molecule has 1 aromatic carbocycles. The average molecular weight is 417 g/mol. The molecule has 0 aromatic heterocycles. The summed E-state index contributed by atoms with van der Waals surface area (Å²) in [5.41, 5.74) is 0.233. The summed E-state index contributed by atoms with van der Waals surface area (Å²) in [5, 5.41) is 12.3.